The molecule has 1 saturated carbocycles. The van der Waals surface area contributed by atoms with E-state index in [2.05, 4.69) is 13.0 Å². The summed E-state index contributed by atoms with van der Waals surface area (Å²) >= 11 is 0. The lowest BCUT2D eigenvalue weighted by molar-refractivity contribution is -0.264. The number of Topliss-reactive ketones (excluding diaryl/α,β-unsaturated/α-hetero) is 1. The van der Waals surface area contributed by atoms with Crippen molar-refractivity contribution < 1.29 is 19.0 Å². The lowest BCUT2D eigenvalue weighted by Gasteiger charge is -2.43. The van der Waals surface area contributed by atoms with Crippen molar-refractivity contribution >= 4 is 5.78 Å². The van der Waals surface area contributed by atoms with E-state index in [0.717, 1.165) is 12.0 Å². The second kappa shape index (κ2) is 3.53. The molecule has 1 saturated heterocycles. The van der Waals surface area contributed by atoms with Gasteiger partial charge in [0.2, 0.25) is 5.79 Å². The van der Waals surface area contributed by atoms with Crippen molar-refractivity contribution in [2.24, 2.45) is 11.8 Å². The second-order valence-electron chi connectivity index (χ2n) is 6.78. The zero-order chi connectivity index (χ0) is 15.3. The number of hydrogen-bond donors (Lipinski definition) is 0. The van der Waals surface area contributed by atoms with Crippen molar-refractivity contribution in [1.29, 1.82) is 0 Å². The molecule has 1 aromatic rings. The minimum Gasteiger partial charge on any atom is -0.347 e. The van der Waals surface area contributed by atoms with E-state index in [1.807, 2.05) is 24.3 Å². The standard InChI is InChI=1S/C18H18O4/c1-10-8-11-9-14(10)17-16(11,22-17)15(19)12-6-4-5-7-13(12)18(17,20-2)21-3/h4-8,11,14H,9H2,1-3H3/t11-,14+,16+,17-/m1/s1. The number of fused-ring (bicyclic) bond motifs is 3. The maximum Gasteiger partial charge on any atom is 0.229 e. The highest BCUT2D eigenvalue weighted by Crippen LogP contribution is 2.79. The van der Waals surface area contributed by atoms with E-state index >= 15 is 0 Å². The molecule has 0 radical (unpaired) electrons. The molecule has 4 aliphatic rings. The quantitative estimate of drug-likeness (QED) is 0.478. The third kappa shape index (κ3) is 0.945. The van der Waals surface area contributed by atoms with Gasteiger partial charge in [-0.2, -0.15) is 0 Å². The molecule has 0 N–H and O–H groups in total. The van der Waals surface area contributed by atoms with E-state index in [1.54, 1.807) is 14.2 Å². The van der Waals surface area contributed by atoms with Crippen LogP contribution in [0.15, 0.2) is 35.9 Å². The lowest BCUT2D eigenvalue weighted by atomic mass is 9.65. The van der Waals surface area contributed by atoms with Crippen molar-refractivity contribution in [3.63, 3.8) is 0 Å². The summed E-state index contributed by atoms with van der Waals surface area (Å²) in [5, 5.41) is 0. The highest BCUT2D eigenvalue weighted by molar-refractivity contribution is 6.10. The van der Waals surface area contributed by atoms with E-state index in [1.165, 1.54) is 5.57 Å². The molecule has 0 unspecified atom stereocenters. The Morgan fingerprint density at radius 2 is 1.95 bits per heavy atom. The number of carbonyl (C=O) groups excluding carboxylic acids is 1. The van der Waals surface area contributed by atoms with Gasteiger partial charge in [0.25, 0.3) is 0 Å². The van der Waals surface area contributed by atoms with Gasteiger partial charge in [-0.1, -0.05) is 35.9 Å². The molecule has 5 rings (SSSR count). The van der Waals surface area contributed by atoms with Gasteiger partial charge >= 0.3 is 0 Å². The van der Waals surface area contributed by atoms with Gasteiger partial charge in [0.15, 0.2) is 17.0 Å². The van der Waals surface area contributed by atoms with Crippen LogP contribution in [0.1, 0.15) is 29.3 Å². The van der Waals surface area contributed by atoms with Crippen molar-refractivity contribution in [3.8, 4) is 0 Å². The summed E-state index contributed by atoms with van der Waals surface area (Å²) < 4.78 is 18.1. The molecule has 114 valence electrons. The van der Waals surface area contributed by atoms with Crippen LogP contribution in [0.4, 0.5) is 0 Å². The van der Waals surface area contributed by atoms with E-state index in [-0.39, 0.29) is 17.6 Å². The number of hydrogen-bond acceptors (Lipinski definition) is 4. The van der Waals surface area contributed by atoms with Crippen molar-refractivity contribution in [2.75, 3.05) is 14.2 Å². The predicted octanol–water partition coefficient (Wildman–Crippen LogP) is 2.43. The van der Waals surface area contributed by atoms with E-state index in [0.29, 0.717) is 5.56 Å². The van der Waals surface area contributed by atoms with Crippen molar-refractivity contribution in [2.45, 2.75) is 30.3 Å². The second-order valence-corrected chi connectivity index (χ2v) is 6.78. The molecule has 3 aliphatic carbocycles. The highest BCUT2D eigenvalue weighted by Gasteiger charge is 2.94. The molecule has 22 heavy (non-hydrogen) atoms. The third-order valence-corrected chi connectivity index (χ3v) is 6.28. The number of benzene rings is 1. The minimum atomic E-state index is -1.02. The Hall–Kier alpha value is -1.49. The SMILES string of the molecule is COC1(OC)c2ccccc2C(=O)[C@]23O[C@@]12[C@H]1C[C@H]3C=C1C. The van der Waals surface area contributed by atoms with Crippen LogP contribution in [-0.4, -0.2) is 31.2 Å². The summed E-state index contributed by atoms with van der Waals surface area (Å²) in [5.41, 5.74) is 1.23. The van der Waals surface area contributed by atoms with Gasteiger partial charge in [-0.3, -0.25) is 4.79 Å². The van der Waals surface area contributed by atoms with Gasteiger partial charge in [0, 0.05) is 37.2 Å². The van der Waals surface area contributed by atoms with Gasteiger partial charge < -0.3 is 14.2 Å². The fourth-order valence-corrected chi connectivity index (χ4v) is 5.52. The van der Waals surface area contributed by atoms with Crippen LogP contribution in [0, 0.1) is 11.8 Å². The fourth-order valence-electron chi connectivity index (χ4n) is 5.52. The Balaban J connectivity index is 1.87. The van der Waals surface area contributed by atoms with Crippen LogP contribution in [0.2, 0.25) is 0 Å². The molecule has 1 heterocycles. The van der Waals surface area contributed by atoms with E-state index in [4.69, 9.17) is 14.2 Å². The maximum absolute atomic E-state index is 13.2. The molecular formula is C18H18O4. The summed E-state index contributed by atoms with van der Waals surface area (Å²) in [6, 6.07) is 7.58. The number of carbonyl (C=O) groups is 1. The zero-order valence-corrected chi connectivity index (χ0v) is 12.9. The summed E-state index contributed by atoms with van der Waals surface area (Å²) in [6.07, 6.45) is 3.15. The van der Waals surface area contributed by atoms with Crippen LogP contribution in [0.25, 0.3) is 0 Å². The van der Waals surface area contributed by atoms with Gasteiger partial charge in [0.1, 0.15) is 0 Å². The van der Waals surface area contributed by atoms with Crippen LogP contribution in [0.5, 0.6) is 0 Å². The van der Waals surface area contributed by atoms with Crippen molar-refractivity contribution in [3.05, 3.63) is 47.0 Å². The monoisotopic (exact) mass is 298 g/mol. The topological polar surface area (TPSA) is 48.1 Å². The largest absolute Gasteiger partial charge is 0.347 e. The lowest BCUT2D eigenvalue weighted by Crippen LogP contribution is -2.58. The van der Waals surface area contributed by atoms with E-state index in [9.17, 15) is 4.79 Å². The summed E-state index contributed by atoms with van der Waals surface area (Å²) in [5.74, 6) is -0.631. The summed E-state index contributed by atoms with van der Waals surface area (Å²) in [7, 11) is 3.28. The molecular weight excluding hydrogens is 280 g/mol. The molecule has 4 nitrogen and oxygen atoms in total. The molecule has 4 heteroatoms. The maximum atomic E-state index is 13.2. The summed E-state index contributed by atoms with van der Waals surface area (Å²) in [4.78, 5) is 13.2. The third-order valence-electron chi connectivity index (χ3n) is 6.28. The number of epoxide rings is 1. The summed E-state index contributed by atoms with van der Waals surface area (Å²) in [6.45, 7) is 2.12. The van der Waals surface area contributed by atoms with Crippen LogP contribution < -0.4 is 0 Å². The first-order valence-corrected chi connectivity index (χ1v) is 7.72. The molecule has 0 spiro atoms. The Labute approximate surface area is 129 Å². The molecule has 4 atom stereocenters. The first-order valence-electron chi connectivity index (χ1n) is 7.72. The number of rotatable bonds is 2. The number of ketones is 1. The first-order chi connectivity index (χ1) is 10.6. The van der Waals surface area contributed by atoms with Crippen LogP contribution >= 0.6 is 0 Å². The van der Waals surface area contributed by atoms with Gasteiger partial charge in [-0.25, -0.2) is 0 Å². The Morgan fingerprint density at radius 1 is 1.23 bits per heavy atom. The van der Waals surface area contributed by atoms with Crippen LogP contribution in [0.3, 0.4) is 0 Å². The zero-order valence-electron chi connectivity index (χ0n) is 12.9. The van der Waals surface area contributed by atoms with Gasteiger partial charge in [-0.15, -0.1) is 0 Å². The fraction of sp³-hybridized carbons (Fsp3) is 0.500. The Kier molecular flexibility index (Phi) is 2.09. The molecule has 0 amide bonds. The smallest absolute Gasteiger partial charge is 0.229 e. The highest BCUT2D eigenvalue weighted by atomic mass is 16.8. The molecule has 0 aromatic heterocycles. The average Bonchev–Trinajstić information content (AvgIpc) is 3.04. The van der Waals surface area contributed by atoms with Crippen molar-refractivity contribution in [1.82, 2.24) is 0 Å². The molecule has 1 aliphatic heterocycles. The van der Waals surface area contributed by atoms with E-state index < -0.39 is 17.0 Å². The number of methoxy groups -OCH3 is 2. The number of ether oxygens (including phenoxy) is 3. The Bertz CT molecular complexity index is 747. The minimum absolute atomic E-state index is 0.0871. The molecule has 2 bridgehead atoms. The first kappa shape index (κ1) is 13.0. The Morgan fingerprint density at radius 3 is 2.68 bits per heavy atom. The molecule has 1 aromatic carbocycles. The predicted molar refractivity (Wildman–Crippen MR) is 78.4 cm³/mol. The average molecular weight is 298 g/mol. The van der Waals surface area contributed by atoms with Gasteiger partial charge in [-0.05, 0) is 13.3 Å². The van der Waals surface area contributed by atoms with Gasteiger partial charge in [0.05, 0.1) is 0 Å². The normalized spacial score (nSPS) is 42.5. The molecule has 2 fully saturated rings. The van der Waals surface area contributed by atoms with Crippen LogP contribution in [-0.2, 0) is 20.0 Å².